The summed E-state index contributed by atoms with van der Waals surface area (Å²) in [5, 5.41) is 9.66. The van der Waals surface area contributed by atoms with Gasteiger partial charge in [-0.05, 0) is 24.2 Å². The number of carbonyl (C=O) groups excluding carboxylic acids is 1. The fraction of sp³-hybridized carbons (Fsp3) is 0.300. The molecule has 0 fully saturated rings. The molecule has 1 heterocycles. The average Bonchev–Trinajstić information content (AvgIpc) is 2.13. The zero-order chi connectivity index (χ0) is 11.4. The molecule has 15 heavy (non-hydrogen) atoms. The number of aromatic nitrogens is 1. The summed E-state index contributed by atoms with van der Waals surface area (Å²) in [6.45, 7) is 3.77. The number of amides is 1. The van der Waals surface area contributed by atoms with Gasteiger partial charge in [0.2, 0.25) is 5.91 Å². The Hall–Kier alpha value is -1.54. The number of nitrogens with zero attached hydrogens (tertiary/aromatic N) is 1. The van der Waals surface area contributed by atoms with Gasteiger partial charge >= 0.3 is 0 Å². The lowest BCUT2D eigenvalue weighted by Gasteiger charge is -1.99. The molecule has 1 aromatic rings. The molecule has 0 spiro atoms. The van der Waals surface area contributed by atoms with Gasteiger partial charge < -0.3 is 5.73 Å². The highest BCUT2D eigenvalue weighted by Gasteiger charge is 2.15. The van der Waals surface area contributed by atoms with Crippen molar-refractivity contribution in [2.45, 2.75) is 18.9 Å². The van der Waals surface area contributed by atoms with Crippen LogP contribution in [0.2, 0.25) is 0 Å². The molecule has 1 amide bonds. The summed E-state index contributed by atoms with van der Waals surface area (Å²) in [5.74, 6) is -0.218. The fourth-order valence-electron chi connectivity index (χ4n) is 1.24. The quantitative estimate of drug-likeness (QED) is 0.759. The third kappa shape index (κ3) is 2.96. The van der Waals surface area contributed by atoms with Crippen molar-refractivity contribution in [3.8, 4) is 6.07 Å². The molecule has 1 aromatic heterocycles. The second-order valence-electron chi connectivity index (χ2n) is 3.21. The predicted octanol–water partition coefficient (Wildman–Crippen LogP) is 0.567. The van der Waals surface area contributed by atoms with Crippen molar-refractivity contribution >= 4 is 17.7 Å². The van der Waals surface area contributed by atoms with Crippen LogP contribution in [0.5, 0.6) is 0 Å². The van der Waals surface area contributed by atoms with E-state index in [0.29, 0.717) is 10.6 Å². The Bertz CT molecular complexity index is 437. The van der Waals surface area contributed by atoms with E-state index in [1.807, 2.05) is 19.9 Å². The SMILES string of the molecule is Cc1cc(C)c(C#N)c(SCC(N)=O)[nH+]1. The first-order chi connectivity index (χ1) is 7.04. The number of nitrogens with one attached hydrogen (secondary N) is 1. The molecule has 0 saturated heterocycles. The minimum absolute atomic E-state index is 0.175. The van der Waals surface area contributed by atoms with Crippen LogP contribution < -0.4 is 10.7 Å². The van der Waals surface area contributed by atoms with Crippen molar-refractivity contribution in [2.24, 2.45) is 5.73 Å². The molecule has 0 saturated carbocycles. The van der Waals surface area contributed by atoms with Crippen LogP contribution in [0.4, 0.5) is 0 Å². The first-order valence-electron chi connectivity index (χ1n) is 4.39. The first kappa shape index (κ1) is 11.5. The number of H-pyrrole nitrogens is 1. The van der Waals surface area contributed by atoms with Gasteiger partial charge in [-0.2, -0.15) is 5.26 Å². The van der Waals surface area contributed by atoms with Crippen molar-refractivity contribution in [3.63, 3.8) is 0 Å². The van der Waals surface area contributed by atoms with Gasteiger partial charge in [0.1, 0.15) is 11.6 Å². The zero-order valence-electron chi connectivity index (χ0n) is 8.63. The molecule has 0 atom stereocenters. The average molecular weight is 222 g/mol. The number of nitrogens with two attached hydrogens (primary N) is 1. The second kappa shape index (κ2) is 4.80. The van der Waals surface area contributed by atoms with Crippen molar-refractivity contribution in [1.29, 1.82) is 5.26 Å². The number of carbonyl (C=O) groups is 1. The molecule has 78 valence electrons. The summed E-state index contributed by atoms with van der Waals surface area (Å²) < 4.78 is 0. The zero-order valence-corrected chi connectivity index (χ0v) is 9.44. The molecule has 1 rings (SSSR count). The van der Waals surface area contributed by atoms with Crippen LogP contribution in [-0.4, -0.2) is 11.7 Å². The lowest BCUT2D eigenvalue weighted by Crippen LogP contribution is -2.18. The highest BCUT2D eigenvalue weighted by Crippen LogP contribution is 2.19. The van der Waals surface area contributed by atoms with E-state index < -0.39 is 5.91 Å². The number of pyridine rings is 1. The Morgan fingerprint density at radius 3 is 2.87 bits per heavy atom. The molecule has 3 N–H and O–H groups in total. The second-order valence-corrected chi connectivity index (χ2v) is 4.19. The molecule has 0 radical (unpaired) electrons. The van der Waals surface area contributed by atoms with Gasteiger partial charge in [0.15, 0.2) is 5.69 Å². The summed E-state index contributed by atoms with van der Waals surface area (Å²) in [6, 6.07) is 4.01. The van der Waals surface area contributed by atoms with Gasteiger partial charge in [0, 0.05) is 13.0 Å². The molecule has 0 bridgehead atoms. The van der Waals surface area contributed by atoms with Crippen LogP contribution >= 0.6 is 11.8 Å². The van der Waals surface area contributed by atoms with E-state index in [-0.39, 0.29) is 5.75 Å². The summed E-state index contributed by atoms with van der Waals surface area (Å²) in [5.41, 5.74) is 7.49. The van der Waals surface area contributed by atoms with E-state index in [4.69, 9.17) is 11.0 Å². The lowest BCUT2D eigenvalue weighted by atomic mass is 10.1. The van der Waals surface area contributed by atoms with Gasteiger partial charge in [-0.3, -0.25) is 4.79 Å². The molecule has 4 nitrogen and oxygen atoms in total. The standard InChI is InChI=1S/C10H11N3OS/c1-6-3-7(2)13-10(8(6)4-11)15-5-9(12)14/h3H,5H2,1-2H3,(H2,12,14)/p+1. The number of thioether (sulfide) groups is 1. The first-order valence-corrected chi connectivity index (χ1v) is 5.38. The molecular weight excluding hydrogens is 210 g/mol. The monoisotopic (exact) mass is 222 g/mol. The Balaban J connectivity index is 3.05. The summed E-state index contributed by atoms with van der Waals surface area (Å²) in [7, 11) is 0. The Morgan fingerprint density at radius 2 is 2.33 bits per heavy atom. The summed E-state index contributed by atoms with van der Waals surface area (Å²) in [4.78, 5) is 13.7. The molecule has 0 unspecified atom stereocenters. The number of aryl methyl sites for hydroxylation is 2. The number of nitriles is 1. The molecule has 0 aromatic carbocycles. The number of aromatic amines is 1. The van der Waals surface area contributed by atoms with Gasteiger partial charge in [0.25, 0.3) is 5.03 Å². The van der Waals surface area contributed by atoms with Crippen LogP contribution in [0, 0.1) is 25.2 Å². The maximum Gasteiger partial charge on any atom is 0.257 e. The van der Waals surface area contributed by atoms with Gasteiger partial charge in [-0.1, -0.05) is 0 Å². The Labute approximate surface area is 92.5 Å². The van der Waals surface area contributed by atoms with E-state index in [2.05, 4.69) is 11.1 Å². The maximum absolute atomic E-state index is 10.6. The summed E-state index contributed by atoms with van der Waals surface area (Å²) in [6.07, 6.45) is 0. The summed E-state index contributed by atoms with van der Waals surface area (Å²) >= 11 is 1.26. The molecule has 0 aliphatic carbocycles. The van der Waals surface area contributed by atoms with Crippen molar-refractivity contribution in [1.82, 2.24) is 0 Å². The van der Waals surface area contributed by atoms with Crippen LogP contribution in [0.15, 0.2) is 11.1 Å². The molecule has 0 aliphatic heterocycles. The van der Waals surface area contributed by atoms with Crippen molar-refractivity contribution in [2.75, 3.05) is 5.75 Å². The van der Waals surface area contributed by atoms with Gasteiger partial charge in [0.05, 0.1) is 5.75 Å². The number of hydrogen-bond acceptors (Lipinski definition) is 3. The van der Waals surface area contributed by atoms with Crippen LogP contribution in [-0.2, 0) is 4.79 Å². The number of hydrogen-bond donors (Lipinski definition) is 1. The van der Waals surface area contributed by atoms with Crippen LogP contribution in [0.25, 0.3) is 0 Å². The fourth-order valence-corrected chi connectivity index (χ4v) is 2.11. The highest BCUT2D eigenvalue weighted by molar-refractivity contribution is 7.99. The minimum atomic E-state index is -0.392. The number of rotatable bonds is 3. The predicted molar refractivity (Wildman–Crippen MR) is 57.1 cm³/mol. The van der Waals surface area contributed by atoms with Gasteiger partial charge in [-0.25, -0.2) is 4.98 Å². The van der Waals surface area contributed by atoms with Crippen LogP contribution in [0.1, 0.15) is 16.8 Å². The molecule has 0 aliphatic rings. The van der Waals surface area contributed by atoms with E-state index in [1.165, 1.54) is 11.8 Å². The number of primary amides is 1. The van der Waals surface area contributed by atoms with Gasteiger partial charge in [-0.15, -0.1) is 0 Å². The van der Waals surface area contributed by atoms with E-state index in [1.54, 1.807) is 0 Å². The minimum Gasteiger partial charge on any atom is -0.369 e. The molecular formula is C10H12N3OS+. The van der Waals surface area contributed by atoms with Crippen LogP contribution in [0.3, 0.4) is 0 Å². The topological polar surface area (TPSA) is 81.0 Å². The highest BCUT2D eigenvalue weighted by atomic mass is 32.2. The molecule has 5 heteroatoms. The third-order valence-corrected chi connectivity index (χ3v) is 2.86. The lowest BCUT2D eigenvalue weighted by molar-refractivity contribution is -0.435. The smallest absolute Gasteiger partial charge is 0.257 e. The Kier molecular flexibility index (Phi) is 3.69. The normalized spacial score (nSPS) is 9.67. The third-order valence-electron chi connectivity index (χ3n) is 1.84. The van der Waals surface area contributed by atoms with E-state index in [9.17, 15) is 4.79 Å². The van der Waals surface area contributed by atoms with Crippen molar-refractivity contribution in [3.05, 3.63) is 22.9 Å². The maximum atomic E-state index is 10.6. The van der Waals surface area contributed by atoms with Crippen molar-refractivity contribution < 1.29 is 9.78 Å². The van der Waals surface area contributed by atoms with E-state index in [0.717, 1.165) is 11.3 Å². The van der Waals surface area contributed by atoms with E-state index >= 15 is 0 Å². The largest absolute Gasteiger partial charge is 0.369 e. The Morgan fingerprint density at radius 1 is 1.67 bits per heavy atom.